The van der Waals surface area contributed by atoms with Gasteiger partial charge in [-0.25, -0.2) is 29.5 Å². The van der Waals surface area contributed by atoms with Crippen LogP contribution in [0.3, 0.4) is 0 Å². The molecule has 7 aliphatic heterocycles. The minimum absolute atomic E-state index is 0.730. The van der Waals surface area contributed by atoms with Gasteiger partial charge in [0, 0.05) is 98.0 Å². The van der Waals surface area contributed by atoms with E-state index in [1.807, 2.05) is 6.07 Å². The van der Waals surface area contributed by atoms with E-state index in [1.165, 1.54) is 0 Å². The summed E-state index contributed by atoms with van der Waals surface area (Å²) in [7, 11) is 0. The van der Waals surface area contributed by atoms with Gasteiger partial charge in [-0.15, -0.1) is 0 Å². The number of nitrogens with zero attached hydrogens (tertiary/aromatic N) is 6. The van der Waals surface area contributed by atoms with Gasteiger partial charge in [0.15, 0.2) is 18.9 Å². The molecule has 0 fully saturated rings. The average molecular weight is 1260 g/mol. The smallest absolute Gasteiger partial charge is 0.214 e. The summed E-state index contributed by atoms with van der Waals surface area (Å²) < 4.78 is 2.26. The van der Waals surface area contributed by atoms with E-state index in [9.17, 15) is 0 Å². The average Bonchev–Trinajstić information content (AvgIpc) is 1.62. The van der Waals surface area contributed by atoms with Crippen molar-refractivity contribution in [3.05, 3.63) is 383 Å². The molecule has 6 aromatic carbocycles. The maximum Gasteiger partial charge on any atom is 0.214 e. The first-order chi connectivity index (χ1) is 48.5. The van der Waals surface area contributed by atoms with Crippen LogP contribution < -0.4 is 9.55 Å². The van der Waals surface area contributed by atoms with Gasteiger partial charge in [-0.1, -0.05) is 182 Å². The summed E-state index contributed by atoms with van der Waals surface area (Å²) in [5, 5.41) is 0. The second-order valence-corrected chi connectivity index (χ2v) is 24.9. The van der Waals surface area contributed by atoms with Crippen molar-refractivity contribution in [2.75, 3.05) is 6.54 Å². The Hall–Kier alpha value is -13.2. The standard InChI is InChI=1S/C88H60N10/c1-7-19-57(20-8-1)81-65-31-35-69(89-65)83(59-23-11-3-12-24-59)73-39-43-77(93-73)87(78-44-40-74(94-78)84(60-25-13-4-14-26-60)70-36-32-66(81)90-70)63-47-51-97(52-48-63)55-56-98-53-49-64(50-54-98)88-79-45-41-75(95-79)85(61-27-15-5-16-28-61)71-37-33-67(91-71)82(58-21-9-2-10-22-58)68-34-38-72(92-68)86(62-29-17-6-18-30-62)76-42-46-80(88)96-76/h1-54H,55-56H2,(H2,89,90,91,92,93,94,95,96)/p+2. The van der Waals surface area contributed by atoms with Crippen molar-refractivity contribution < 1.29 is 9.55 Å². The quantitative estimate of drug-likeness (QED) is 0.118. The molecule has 5 aromatic heterocycles. The Morgan fingerprint density at radius 1 is 0.316 bits per heavy atom. The summed E-state index contributed by atoms with van der Waals surface area (Å²) in [6.07, 6.45) is 34.6. The number of hydrogen-bond donors (Lipinski definition) is 3. The molecule has 0 saturated heterocycles. The summed E-state index contributed by atoms with van der Waals surface area (Å²) in [4.78, 5) is 39.9. The predicted octanol–water partition coefficient (Wildman–Crippen LogP) is 18.7. The van der Waals surface area contributed by atoms with E-state index in [0.717, 1.165) is 193 Å². The number of hydrogen-bond acceptors (Lipinski definition) is 5. The number of aromatic nitrogens is 6. The number of nitrogens with one attached hydrogen (secondary N) is 4. The molecule has 98 heavy (non-hydrogen) atoms. The van der Waals surface area contributed by atoms with Crippen LogP contribution in [0.1, 0.15) is 50.9 Å². The molecule has 0 aliphatic carbocycles. The van der Waals surface area contributed by atoms with Gasteiger partial charge < -0.3 is 19.9 Å². The highest BCUT2D eigenvalue weighted by Gasteiger charge is 2.29. The van der Waals surface area contributed by atoms with E-state index in [-0.39, 0.29) is 0 Å². The highest BCUT2D eigenvalue weighted by Crippen LogP contribution is 2.41. The van der Waals surface area contributed by atoms with Gasteiger partial charge in [0.05, 0.1) is 68.8 Å². The van der Waals surface area contributed by atoms with Crippen LogP contribution >= 0.6 is 0 Å². The molecule has 4 N–H and O–H groups in total. The first kappa shape index (κ1) is 57.5. The molecule has 16 bridgehead atoms. The minimum atomic E-state index is 0.730. The van der Waals surface area contributed by atoms with Crippen molar-refractivity contribution in [3.8, 4) is 44.5 Å². The third kappa shape index (κ3) is 10.7. The Balaban J connectivity index is 0.714. The molecule has 10 nitrogen and oxygen atoms in total. The summed E-state index contributed by atoms with van der Waals surface area (Å²) >= 11 is 0. The fourth-order valence-electron chi connectivity index (χ4n) is 14.2. The summed E-state index contributed by atoms with van der Waals surface area (Å²) in [5.41, 5.74) is 31.2. The van der Waals surface area contributed by atoms with Crippen LogP contribution in [0.5, 0.6) is 0 Å². The third-order valence-corrected chi connectivity index (χ3v) is 18.9. The van der Waals surface area contributed by atoms with Crippen LogP contribution in [0.25, 0.3) is 108 Å². The second-order valence-electron chi connectivity index (χ2n) is 24.9. The van der Waals surface area contributed by atoms with Crippen molar-refractivity contribution in [1.82, 2.24) is 24.8 Å². The maximum absolute atomic E-state index is 5.54. The first-order valence-electron chi connectivity index (χ1n) is 33.2. The van der Waals surface area contributed by atoms with E-state index in [1.54, 1.807) is 0 Å². The van der Waals surface area contributed by atoms with E-state index < -0.39 is 0 Å². The molecule has 0 radical (unpaired) electrons. The molecule has 0 spiro atoms. The van der Waals surface area contributed by atoms with Gasteiger partial charge >= 0.3 is 0 Å². The third-order valence-electron chi connectivity index (χ3n) is 18.9. The molecule has 0 atom stereocenters. The lowest BCUT2D eigenvalue weighted by atomic mass is 9.97. The molecule has 0 saturated carbocycles. The largest absolute Gasteiger partial charge is 0.354 e. The lowest BCUT2D eigenvalue weighted by Gasteiger charge is -2.19. The Morgan fingerprint density at radius 2 is 0.704 bits per heavy atom. The molecular formula is C88H62N10+2. The minimum Gasteiger partial charge on any atom is -0.354 e. The highest BCUT2D eigenvalue weighted by atomic mass is 15.1. The molecule has 7 aliphatic rings. The molecule has 462 valence electrons. The summed E-state index contributed by atoms with van der Waals surface area (Å²) in [5.74, 6) is 0. The zero-order valence-corrected chi connectivity index (χ0v) is 53.3. The monoisotopic (exact) mass is 1260 g/mol. The SMILES string of the molecule is C1=CC2=C(c3ccccc3)C3=NC(=C(c4ccccc4)c4ccc([nH]4)C(c4ccccc4)=C4C=CC(=N4)C(=C4C=CN(CC[n+]5ccc(-c6c7ccc([nH]7)c(-c7ccccc7)c7nc(c(-c8ccccc8)c8[nH+]c(c(-c9ccccc9)c9ccc6[nH]9)C=C8)C=C7)cc5)C=C4)C1=N2)C=C3. The second kappa shape index (κ2) is 24.6. The number of allylic oxidation sites excluding steroid dienone is 11. The van der Waals surface area contributed by atoms with Crippen molar-refractivity contribution >= 4 is 80.2 Å². The van der Waals surface area contributed by atoms with Crippen molar-refractivity contribution in [3.63, 3.8) is 0 Å². The normalized spacial score (nSPS) is 15.1. The Bertz CT molecular complexity index is 5570. The zero-order valence-electron chi connectivity index (χ0n) is 53.3. The van der Waals surface area contributed by atoms with Crippen LogP contribution in [0, 0.1) is 0 Å². The summed E-state index contributed by atoms with van der Waals surface area (Å²) in [6, 6.07) is 80.9. The summed E-state index contributed by atoms with van der Waals surface area (Å²) in [6.45, 7) is 1.46. The molecule has 0 amide bonds. The fourth-order valence-corrected chi connectivity index (χ4v) is 14.2. The van der Waals surface area contributed by atoms with Gasteiger partial charge in [0.1, 0.15) is 0 Å². The van der Waals surface area contributed by atoms with Crippen LogP contribution in [0.15, 0.2) is 347 Å². The van der Waals surface area contributed by atoms with Crippen LogP contribution in [-0.2, 0) is 6.54 Å². The Labute approximate surface area is 567 Å². The first-order valence-corrected chi connectivity index (χ1v) is 33.2. The molecule has 10 heteroatoms. The van der Waals surface area contributed by atoms with E-state index in [2.05, 4.69) is 352 Å². The van der Waals surface area contributed by atoms with Crippen molar-refractivity contribution in [2.45, 2.75) is 6.54 Å². The molecule has 18 rings (SSSR count). The van der Waals surface area contributed by atoms with Crippen LogP contribution in [0.4, 0.5) is 0 Å². The number of aromatic amines is 4. The number of H-pyrrole nitrogens is 4. The van der Waals surface area contributed by atoms with Crippen molar-refractivity contribution in [1.29, 1.82) is 0 Å². The molecule has 12 heterocycles. The number of aliphatic imine (C=N–C) groups is 3. The molecule has 0 unspecified atom stereocenters. The Kier molecular flexibility index (Phi) is 14.4. The number of fused-ring (bicyclic) bond motifs is 13. The Morgan fingerprint density at radius 3 is 1.20 bits per heavy atom. The topological polar surface area (TPSA) is 119 Å². The molecule has 11 aromatic rings. The number of benzene rings is 6. The number of pyridine rings is 1. The van der Waals surface area contributed by atoms with Gasteiger partial charge in [-0.05, 0) is 142 Å². The highest BCUT2D eigenvalue weighted by molar-refractivity contribution is 6.36. The van der Waals surface area contributed by atoms with Gasteiger partial charge in [-0.2, -0.15) is 0 Å². The lowest BCUT2D eigenvalue weighted by Crippen LogP contribution is -2.37. The van der Waals surface area contributed by atoms with Gasteiger partial charge in [0.2, 0.25) is 11.4 Å². The van der Waals surface area contributed by atoms with E-state index in [0.29, 0.717) is 0 Å². The van der Waals surface area contributed by atoms with Gasteiger partial charge in [0.25, 0.3) is 0 Å². The van der Waals surface area contributed by atoms with Crippen molar-refractivity contribution in [2.24, 2.45) is 15.0 Å². The predicted molar refractivity (Wildman–Crippen MR) is 400 cm³/mol. The van der Waals surface area contributed by atoms with Crippen LogP contribution in [0.2, 0.25) is 0 Å². The molecular weight excluding hydrogens is 1200 g/mol. The van der Waals surface area contributed by atoms with Crippen LogP contribution in [-0.4, -0.2) is 48.5 Å². The van der Waals surface area contributed by atoms with E-state index in [4.69, 9.17) is 20.0 Å². The lowest BCUT2D eigenvalue weighted by molar-refractivity contribution is -0.696. The fraction of sp³-hybridized carbons (Fsp3) is 0.0227. The van der Waals surface area contributed by atoms with Gasteiger partial charge in [-0.3, -0.25) is 0 Å². The van der Waals surface area contributed by atoms with E-state index >= 15 is 0 Å². The zero-order chi connectivity index (χ0) is 64.9. The maximum atomic E-state index is 5.54. The number of rotatable bonds is 10.